The maximum absolute atomic E-state index is 12.9. The minimum Gasteiger partial charge on any atom is -0.491 e. The van der Waals surface area contributed by atoms with Gasteiger partial charge in [0.25, 0.3) is 5.91 Å². The Morgan fingerprint density at radius 3 is 2.87 bits per heavy atom. The molecule has 1 N–H and O–H groups in total. The topological polar surface area (TPSA) is 98.1 Å². The van der Waals surface area contributed by atoms with E-state index in [4.69, 9.17) is 9.47 Å². The zero-order chi connectivity index (χ0) is 16.3. The highest BCUT2D eigenvalue weighted by Gasteiger charge is 2.47. The van der Waals surface area contributed by atoms with Gasteiger partial charge in [-0.05, 0) is 19.3 Å². The molecule has 8 nitrogen and oxygen atoms in total. The summed E-state index contributed by atoms with van der Waals surface area (Å²) in [5, 5.41) is 9.18. The van der Waals surface area contributed by atoms with E-state index in [-0.39, 0.29) is 29.5 Å². The fraction of sp³-hybridized carbons (Fsp3) is 0.533. The molecule has 2 aliphatic heterocycles. The summed E-state index contributed by atoms with van der Waals surface area (Å²) in [6.07, 6.45) is 3.54. The van der Waals surface area contributed by atoms with Gasteiger partial charge in [-0.1, -0.05) is 0 Å². The Bertz CT molecular complexity index is 770. The van der Waals surface area contributed by atoms with Crippen molar-refractivity contribution in [1.82, 2.24) is 9.47 Å². The van der Waals surface area contributed by atoms with Crippen LogP contribution in [0.15, 0.2) is 11.0 Å². The molecule has 4 rings (SSSR count). The molecule has 0 radical (unpaired) electrons. The molecule has 23 heavy (non-hydrogen) atoms. The van der Waals surface area contributed by atoms with Crippen molar-refractivity contribution < 1.29 is 24.2 Å². The highest BCUT2D eigenvalue weighted by Crippen LogP contribution is 2.38. The van der Waals surface area contributed by atoms with Crippen LogP contribution in [-0.2, 0) is 11.3 Å². The van der Waals surface area contributed by atoms with Crippen LogP contribution in [0, 0.1) is 0 Å². The van der Waals surface area contributed by atoms with Crippen LogP contribution in [0.25, 0.3) is 0 Å². The number of carboxylic acids is 1. The van der Waals surface area contributed by atoms with E-state index in [2.05, 4.69) is 0 Å². The first kappa shape index (κ1) is 14.3. The summed E-state index contributed by atoms with van der Waals surface area (Å²) in [4.78, 5) is 38.1. The molecule has 1 aliphatic carbocycles. The summed E-state index contributed by atoms with van der Waals surface area (Å²) in [5.41, 5.74) is -1.08. The molecule has 2 fully saturated rings. The van der Waals surface area contributed by atoms with Crippen LogP contribution in [0.3, 0.4) is 0 Å². The number of nitrogens with zero attached hydrogens (tertiary/aromatic N) is 2. The van der Waals surface area contributed by atoms with Gasteiger partial charge < -0.3 is 24.0 Å². The standard InChI is InChI=1S/C15H16N2O6/c1-22-13-11-14(19)17-7-2-3-8(4-7)23-10(17)6-16(11)5-9(12(13)18)15(20)21/h5,7-8,10H,2-4,6H2,1H3,(H,20,21)/t7-,8-,10-/m1/s1. The normalized spacial score (nSPS) is 28.3. The van der Waals surface area contributed by atoms with Gasteiger partial charge >= 0.3 is 5.97 Å². The van der Waals surface area contributed by atoms with Gasteiger partial charge in [0.05, 0.1) is 19.8 Å². The third-order valence-electron chi connectivity index (χ3n) is 4.87. The number of rotatable bonds is 2. The van der Waals surface area contributed by atoms with Crippen molar-refractivity contribution >= 4 is 11.9 Å². The Hall–Kier alpha value is -2.35. The fourth-order valence-electron chi connectivity index (χ4n) is 3.88. The van der Waals surface area contributed by atoms with Gasteiger partial charge in [0.1, 0.15) is 5.56 Å². The maximum atomic E-state index is 12.9. The molecule has 0 spiro atoms. The molecule has 3 heterocycles. The summed E-state index contributed by atoms with van der Waals surface area (Å²) in [7, 11) is 1.26. The second-order valence-corrected chi connectivity index (χ2v) is 6.10. The zero-order valence-corrected chi connectivity index (χ0v) is 12.5. The summed E-state index contributed by atoms with van der Waals surface area (Å²) in [6, 6.07) is 0.110. The van der Waals surface area contributed by atoms with Crippen LogP contribution in [0.4, 0.5) is 0 Å². The van der Waals surface area contributed by atoms with Crippen LogP contribution >= 0.6 is 0 Å². The van der Waals surface area contributed by atoms with E-state index >= 15 is 0 Å². The minimum absolute atomic E-state index is 0.104. The van der Waals surface area contributed by atoms with Gasteiger partial charge in [0.2, 0.25) is 5.43 Å². The highest BCUT2D eigenvalue weighted by molar-refractivity contribution is 5.98. The largest absolute Gasteiger partial charge is 0.491 e. The molecule has 1 aromatic rings. The monoisotopic (exact) mass is 320 g/mol. The van der Waals surface area contributed by atoms with E-state index in [1.54, 1.807) is 4.90 Å². The number of hydrogen-bond donors (Lipinski definition) is 1. The van der Waals surface area contributed by atoms with Crippen LogP contribution in [0.2, 0.25) is 0 Å². The lowest BCUT2D eigenvalue weighted by Crippen LogP contribution is -2.57. The van der Waals surface area contributed by atoms with Crippen molar-refractivity contribution in [1.29, 1.82) is 0 Å². The Kier molecular flexibility index (Phi) is 2.99. The quantitative estimate of drug-likeness (QED) is 0.841. The van der Waals surface area contributed by atoms with Crippen molar-refractivity contribution in [3.05, 3.63) is 27.7 Å². The van der Waals surface area contributed by atoms with Gasteiger partial charge in [0.15, 0.2) is 17.7 Å². The van der Waals surface area contributed by atoms with E-state index in [0.29, 0.717) is 6.54 Å². The number of aromatic nitrogens is 1. The minimum atomic E-state index is -1.34. The molecule has 1 amide bonds. The lowest BCUT2D eigenvalue weighted by atomic mass is 10.1. The second kappa shape index (κ2) is 4.82. The lowest BCUT2D eigenvalue weighted by molar-refractivity contribution is -0.132. The second-order valence-electron chi connectivity index (χ2n) is 6.10. The summed E-state index contributed by atoms with van der Waals surface area (Å²) in [6.45, 7) is 0.297. The predicted octanol–water partition coefficient (Wildman–Crippen LogP) is 0.288. The molecular weight excluding hydrogens is 304 g/mol. The number of carbonyl (C=O) groups excluding carboxylic acids is 1. The van der Waals surface area contributed by atoms with Crippen molar-refractivity contribution in [2.45, 2.75) is 44.2 Å². The van der Waals surface area contributed by atoms with E-state index in [0.717, 1.165) is 19.3 Å². The molecule has 1 saturated carbocycles. The Labute approximate surface area is 131 Å². The first-order valence-corrected chi connectivity index (χ1v) is 7.54. The Balaban J connectivity index is 1.89. The molecular formula is C15H16N2O6. The first-order valence-electron chi connectivity index (χ1n) is 7.54. The van der Waals surface area contributed by atoms with Gasteiger partial charge in [-0.2, -0.15) is 0 Å². The van der Waals surface area contributed by atoms with Crippen molar-refractivity contribution in [2.24, 2.45) is 0 Å². The SMILES string of the molecule is COc1c2n(cc(C(=O)O)c1=O)C[C@H]1O[C@@H]3CC[C@H](C3)N1C2=O. The van der Waals surface area contributed by atoms with E-state index < -0.39 is 23.2 Å². The molecule has 3 aliphatic rings. The molecule has 2 bridgehead atoms. The molecule has 122 valence electrons. The van der Waals surface area contributed by atoms with Gasteiger partial charge in [-0.15, -0.1) is 0 Å². The first-order chi connectivity index (χ1) is 11.0. The van der Waals surface area contributed by atoms with Crippen molar-refractivity contribution in [3.8, 4) is 5.75 Å². The summed E-state index contributed by atoms with van der Waals surface area (Å²) < 4.78 is 12.5. The molecule has 1 saturated heterocycles. The van der Waals surface area contributed by atoms with E-state index in [1.165, 1.54) is 17.9 Å². The van der Waals surface area contributed by atoms with Crippen LogP contribution < -0.4 is 10.2 Å². The lowest BCUT2D eigenvalue weighted by Gasteiger charge is -2.44. The number of ether oxygens (including phenoxy) is 2. The predicted molar refractivity (Wildman–Crippen MR) is 76.7 cm³/mol. The third-order valence-corrected chi connectivity index (χ3v) is 4.87. The van der Waals surface area contributed by atoms with Crippen LogP contribution in [-0.4, -0.2) is 51.9 Å². The van der Waals surface area contributed by atoms with Crippen LogP contribution in [0.1, 0.15) is 40.1 Å². The number of hydrogen-bond acceptors (Lipinski definition) is 5. The average Bonchev–Trinajstić information content (AvgIpc) is 2.88. The van der Waals surface area contributed by atoms with E-state index in [1.807, 2.05) is 0 Å². The van der Waals surface area contributed by atoms with Crippen molar-refractivity contribution in [3.63, 3.8) is 0 Å². The number of pyridine rings is 1. The summed E-state index contributed by atoms with van der Waals surface area (Å²) >= 11 is 0. The van der Waals surface area contributed by atoms with Gasteiger partial charge in [-0.25, -0.2) is 4.79 Å². The Morgan fingerprint density at radius 1 is 1.39 bits per heavy atom. The molecule has 0 aromatic carbocycles. The van der Waals surface area contributed by atoms with Crippen molar-refractivity contribution in [2.75, 3.05) is 7.11 Å². The van der Waals surface area contributed by atoms with Crippen LogP contribution in [0.5, 0.6) is 5.75 Å². The fourth-order valence-corrected chi connectivity index (χ4v) is 3.88. The number of carbonyl (C=O) groups is 2. The third kappa shape index (κ3) is 1.91. The molecule has 3 atom stereocenters. The smallest absolute Gasteiger partial charge is 0.341 e. The summed E-state index contributed by atoms with van der Waals surface area (Å²) in [5.74, 6) is -1.89. The Morgan fingerprint density at radius 2 is 2.17 bits per heavy atom. The molecule has 8 heteroatoms. The van der Waals surface area contributed by atoms with Gasteiger partial charge in [-0.3, -0.25) is 9.59 Å². The zero-order valence-electron chi connectivity index (χ0n) is 12.5. The van der Waals surface area contributed by atoms with Gasteiger partial charge in [0, 0.05) is 12.2 Å². The highest BCUT2D eigenvalue weighted by atomic mass is 16.5. The molecule has 0 unspecified atom stereocenters. The number of carboxylic acid groups (broad SMARTS) is 1. The van der Waals surface area contributed by atoms with E-state index in [9.17, 15) is 19.5 Å². The number of fused-ring (bicyclic) bond motifs is 5. The number of methoxy groups -OCH3 is 1. The number of aromatic carboxylic acids is 1. The average molecular weight is 320 g/mol. The number of amides is 1. The maximum Gasteiger partial charge on any atom is 0.341 e. The molecule has 1 aromatic heterocycles.